The van der Waals surface area contributed by atoms with Crippen LogP contribution in [0.25, 0.3) is 11.8 Å². The molecule has 2 fully saturated rings. The highest BCUT2D eigenvalue weighted by atomic mass is 19.4. The van der Waals surface area contributed by atoms with Gasteiger partial charge in [-0.1, -0.05) is 18.2 Å². The van der Waals surface area contributed by atoms with Crippen LogP contribution in [0.1, 0.15) is 35.7 Å². The predicted molar refractivity (Wildman–Crippen MR) is 127 cm³/mol. The Morgan fingerprint density at radius 2 is 2.00 bits per heavy atom. The lowest BCUT2D eigenvalue weighted by atomic mass is 9.87. The van der Waals surface area contributed by atoms with Crippen LogP contribution in [0.2, 0.25) is 0 Å². The van der Waals surface area contributed by atoms with E-state index < -0.39 is 6.36 Å². The highest BCUT2D eigenvalue weighted by Crippen LogP contribution is 2.39. The monoisotopic (exact) mass is 500 g/mol. The molecule has 2 saturated heterocycles. The quantitative estimate of drug-likeness (QED) is 0.527. The molecule has 8 nitrogen and oxygen atoms in total. The molecule has 1 aromatic carbocycles. The SMILES string of the molecule is COc1nc(C=CC2NC3[C@H](c4ccccc4OC(F)(F)F)CCCN3N2)ccc1-n1cnc(C)c1. The van der Waals surface area contributed by atoms with Crippen molar-refractivity contribution in [1.82, 2.24) is 30.3 Å². The van der Waals surface area contributed by atoms with Gasteiger partial charge in [-0.15, -0.1) is 13.2 Å². The summed E-state index contributed by atoms with van der Waals surface area (Å²) in [5.74, 6) is 0.155. The summed E-state index contributed by atoms with van der Waals surface area (Å²) in [6.07, 6.45) is 3.89. The van der Waals surface area contributed by atoms with Gasteiger partial charge in [0.15, 0.2) is 0 Å². The van der Waals surface area contributed by atoms with Crippen LogP contribution in [0.5, 0.6) is 11.6 Å². The molecule has 0 bridgehead atoms. The predicted octanol–water partition coefficient (Wildman–Crippen LogP) is 4.14. The first-order valence-corrected chi connectivity index (χ1v) is 11.7. The largest absolute Gasteiger partial charge is 0.573 e. The van der Waals surface area contributed by atoms with E-state index in [9.17, 15) is 13.2 Å². The summed E-state index contributed by atoms with van der Waals surface area (Å²) < 4.78 is 50.6. The van der Waals surface area contributed by atoms with Gasteiger partial charge in [-0.3, -0.25) is 5.32 Å². The van der Waals surface area contributed by atoms with Crippen molar-refractivity contribution >= 4 is 6.08 Å². The minimum atomic E-state index is -4.74. The number of nitrogens with zero attached hydrogens (tertiary/aromatic N) is 4. The molecular formula is C25H27F3N6O2. The number of hydrazine groups is 1. The van der Waals surface area contributed by atoms with Gasteiger partial charge in [0.05, 0.1) is 37.2 Å². The molecule has 36 heavy (non-hydrogen) atoms. The van der Waals surface area contributed by atoms with Gasteiger partial charge in [-0.2, -0.15) is 0 Å². The van der Waals surface area contributed by atoms with E-state index in [-0.39, 0.29) is 24.0 Å². The number of aromatic nitrogens is 3. The number of hydrogen-bond acceptors (Lipinski definition) is 7. The van der Waals surface area contributed by atoms with Crippen LogP contribution in [0.3, 0.4) is 0 Å². The summed E-state index contributed by atoms with van der Waals surface area (Å²) in [7, 11) is 1.57. The van der Waals surface area contributed by atoms with Crippen molar-refractivity contribution in [1.29, 1.82) is 0 Å². The van der Waals surface area contributed by atoms with E-state index in [0.29, 0.717) is 17.1 Å². The molecule has 2 unspecified atom stereocenters. The highest BCUT2D eigenvalue weighted by molar-refractivity contribution is 5.52. The maximum absolute atomic E-state index is 13.0. The summed E-state index contributed by atoms with van der Waals surface area (Å²) in [5, 5.41) is 5.54. The number of nitrogens with one attached hydrogen (secondary N) is 2. The number of hydrogen-bond donors (Lipinski definition) is 2. The van der Waals surface area contributed by atoms with Crippen LogP contribution in [-0.2, 0) is 0 Å². The lowest BCUT2D eigenvalue weighted by Crippen LogP contribution is -2.47. The van der Waals surface area contributed by atoms with Crippen LogP contribution in [-0.4, -0.2) is 51.9 Å². The minimum absolute atomic E-state index is 0.151. The Bertz CT molecular complexity index is 1240. The fourth-order valence-corrected chi connectivity index (χ4v) is 4.81. The van der Waals surface area contributed by atoms with Gasteiger partial charge in [-0.25, -0.2) is 20.4 Å². The molecule has 0 saturated carbocycles. The molecule has 190 valence electrons. The Labute approximate surface area is 206 Å². The number of alkyl halides is 3. The van der Waals surface area contributed by atoms with Crippen LogP contribution in [0.15, 0.2) is 55.0 Å². The second kappa shape index (κ2) is 9.92. The third-order valence-corrected chi connectivity index (χ3v) is 6.33. The zero-order valence-corrected chi connectivity index (χ0v) is 19.9. The van der Waals surface area contributed by atoms with E-state index >= 15 is 0 Å². The van der Waals surface area contributed by atoms with E-state index in [2.05, 4.69) is 25.4 Å². The Kier molecular flexibility index (Phi) is 6.69. The van der Waals surface area contributed by atoms with E-state index in [4.69, 9.17) is 4.74 Å². The number of ether oxygens (including phenoxy) is 2. The molecule has 2 aliphatic rings. The lowest BCUT2D eigenvalue weighted by Gasteiger charge is -2.36. The third kappa shape index (κ3) is 5.23. The van der Waals surface area contributed by atoms with Crippen molar-refractivity contribution in [3.63, 3.8) is 0 Å². The molecule has 3 aromatic rings. The molecule has 2 N–H and O–H groups in total. The molecule has 0 spiro atoms. The number of fused-ring (bicyclic) bond motifs is 1. The maximum Gasteiger partial charge on any atom is 0.573 e. The molecule has 11 heteroatoms. The Hall–Kier alpha value is -3.41. The molecule has 4 heterocycles. The van der Waals surface area contributed by atoms with E-state index in [1.54, 1.807) is 31.6 Å². The second-order valence-electron chi connectivity index (χ2n) is 8.79. The van der Waals surface area contributed by atoms with Gasteiger partial charge >= 0.3 is 6.36 Å². The van der Waals surface area contributed by atoms with Crippen LogP contribution < -0.4 is 20.2 Å². The lowest BCUT2D eigenvalue weighted by molar-refractivity contribution is -0.275. The molecular weight excluding hydrogens is 473 g/mol. The van der Waals surface area contributed by atoms with Gasteiger partial charge in [0, 0.05) is 24.2 Å². The first-order valence-electron chi connectivity index (χ1n) is 11.7. The smallest absolute Gasteiger partial charge is 0.479 e. The molecule has 0 amide bonds. The van der Waals surface area contributed by atoms with Crippen LogP contribution in [0.4, 0.5) is 13.2 Å². The number of rotatable bonds is 6. The zero-order chi connectivity index (χ0) is 25.3. The highest BCUT2D eigenvalue weighted by Gasteiger charge is 2.41. The molecule has 0 aliphatic carbocycles. The number of methoxy groups -OCH3 is 1. The standard InChI is InChI=1S/C25H27F3N6O2/c1-16-14-33(15-29-16)20-11-9-17(30-24(20)35-2)10-12-22-31-23-19(7-5-13-34(23)32-22)18-6-3-4-8-21(18)36-25(26,27)28/h3-4,6,8-12,14-15,19,22-23,31-32H,5,7,13H2,1-2H3/t19-,22?,23?/m0/s1. The number of imidazole rings is 1. The number of aryl methyl sites for hydroxylation is 1. The van der Waals surface area contributed by atoms with Crippen LogP contribution >= 0.6 is 0 Å². The average Bonchev–Trinajstić information content (AvgIpc) is 3.47. The van der Waals surface area contributed by atoms with Crippen LogP contribution in [0, 0.1) is 6.92 Å². The van der Waals surface area contributed by atoms with E-state index in [1.165, 1.54) is 6.07 Å². The van der Waals surface area contributed by atoms with Crippen molar-refractivity contribution in [3.8, 4) is 17.3 Å². The Morgan fingerprint density at radius 3 is 2.75 bits per heavy atom. The minimum Gasteiger partial charge on any atom is -0.479 e. The molecule has 0 radical (unpaired) electrons. The number of halogens is 3. The fourth-order valence-electron chi connectivity index (χ4n) is 4.81. The topological polar surface area (TPSA) is 76.5 Å². The second-order valence-corrected chi connectivity index (χ2v) is 8.79. The Morgan fingerprint density at radius 1 is 1.17 bits per heavy atom. The number of benzene rings is 1. The van der Waals surface area contributed by atoms with E-state index in [1.807, 2.05) is 47.0 Å². The number of pyridine rings is 1. The maximum atomic E-state index is 13.0. The average molecular weight is 501 g/mol. The molecule has 2 aliphatic heterocycles. The molecule has 5 rings (SSSR count). The van der Waals surface area contributed by atoms with Gasteiger partial charge in [0.2, 0.25) is 5.88 Å². The van der Waals surface area contributed by atoms with Gasteiger partial charge < -0.3 is 14.0 Å². The summed E-state index contributed by atoms with van der Waals surface area (Å²) in [4.78, 5) is 8.83. The summed E-state index contributed by atoms with van der Waals surface area (Å²) >= 11 is 0. The summed E-state index contributed by atoms with van der Waals surface area (Å²) in [6, 6.07) is 10.2. The summed E-state index contributed by atoms with van der Waals surface area (Å²) in [6.45, 7) is 2.70. The molecule has 3 atom stereocenters. The fraction of sp³-hybridized carbons (Fsp3) is 0.360. The van der Waals surface area contributed by atoms with Crippen molar-refractivity contribution in [2.75, 3.05) is 13.7 Å². The zero-order valence-electron chi connectivity index (χ0n) is 19.9. The first-order chi connectivity index (χ1) is 17.3. The normalized spacial score (nSPS) is 22.6. The third-order valence-electron chi connectivity index (χ3n) is 6.33. The van der Waals surface area contributed by atoms with Gasteiger partial charge in [-0.05, 0) is 50.1 Å². The van der Waals surface area contributed by atoms with Crippen molar-refractivity contribution in [2.24, 2.45) is 0 Å². The van der Waals surface area contributed by atoms with Crippen molar-refractivity contribution in [3.05, 3.63) is 71.9 Å². The van der Waals surface area contributed by atoms with Crippen molar-refractivity contribution < 1.29 is 22.6 Å². The summed E-state index contributed by atoms with van der Waals surface area (Å²) in [5.41, 5.74) is 6.33. The Balaban J connectivity index is 1.32. The van der Waals surface area contributed by atoms with E-state index in [0.717, 1.165) is 30.8 Å². The molecule has 2 aromatic heterocycles. The number of para-hydroxylation sites is 1. The van der Waals surface area contributed by atoms with Crippen molar-refractivity contribution in [2.45, 2.75) is 44.4 Å². The number of piperidine rings is 1. The van der Waals surface area contributed by atoms with Gasteiger partial charge in [0.25, 0.3) is 0 Å². The van der Waals surface area contributed by atoms with Gasteiger partial charge in [0.1, 0.15) is 11.4 Å². The first kappa shape index (κ1) is 24.3.